The van der Waals surface area contributed by atoms with Crippen molar-refractivity contribution >= 4 is 11.8 Å². The van der Waals surface area contributed by atoms with Gasteiger partial charge in [-0.3, -0.25) is 4.98 Å². The van der Waals surface area contributed by atoms with Crippen LogP contribution in [-0.2, 0) is 23.8 Å². The van der Waals surface area contributed by atoms with Gasteiger partial charge in [-0.05, 0) is 76.7 Å². The van der Waals surface area contributed by atoms with Crippen LogP contribution in [0.5, 0.6) is 0 Å². The summed E-state index contributed by atoms with van der Waals surface area (Å²) in [6.07, 6.45) is 1.19. The lowest BCUT2D eigenvalue weighted by Crippen LogP contribution is -2.49. The van der Waals surface area contributed by atoms with Crippen LogP contribution in [0.3, 0.4) is 0 Å². The van der Waals surface area contributed by atoms with Gasteiger partial charge in [-0.15, -0.1) is 16.9 Å². The zero-order chi connectivity index (χ0) is 30.2. The fourth-order valence-corrected chi connectivity index (χ4v) is 5.53. The Morgan fingerprint density at radius 3 is 2.47 bits per heavy atom. The molecule has 1 atom stereocenters. The summed E-state index contributed by atoms with van der Waals surface area (Å²) in [4.78, 5) is 4.84. The van der Waals surface area contributed by atoms with Crippen molar-refractivity contribution < 1.29 is 22.7 Å². The molecule has 1 aliphatic rings. The number of thioether (sulfide) groups is 1. The number of aromatic nitrogens is 5. The number of alkyl halides is 2. The summed E-state index contributed by atoms with van der Waals surface area (Å²) in [5, 5.41) is 31.1. The number of rotatable bonds is 5. The number of fused-ring (bicyclic) bond motifs is 3. The highest BCUT2D eigenvalue weighted by Gasteiger charge is 2.59. The molecule has 6 rings (SSSR count). The molecular weight excluding hydrogens is 580 g/mol. The van der Waals surface area contributed by atoms with Gasteiger partial charge < -0.3 is 5.11 Å². The van der Waals surface area contributed by atoms with E-state index in [1.54, 1.807) is 24.3 Å². The molecule has 0 amide bonds. The standard InChI is InChI=1S/C31H18F4N6OS/c32-23-8-11-26-25(14-23)29-38-39-40-41(29)18-30(26,42)31(34,35)28-12-6-20(16-37-28)2-1-19-4-9-24(10-5-19)43-17-21-3-7-22(15-36)27(33)13-21/h3-14,16,42H,17-18H2. The molecule has 0 aliphatic carbocycles. The second-order valence-corrected chi connectivity index (χ2v) is 10.8. The summed E-state index contributed by atoms with van der Waals surface area (Å²) in [5.41, 5.74) is -1.93. The fraction of sp³-hybridized carbons (Fsp3) is 0.129. The van der Waals surface area contributed by atoms with Gasteiger partial charge in [-0.2, -0.15) is 14.0 Å². The van der Waals surface area contributed by atoms with Crippen molar-refractivity contribution in [1.29, 1.82) is 5.26 Å². The van der Waals surface area contributed by atoms with E-state index in [9.17, 15) is 13.9 Å². The number of aliphatic hydroxyl groups is 1. The maximum absolute atomic E-state index is 15.9. The monoisotopic (exact) mass is 598 g/mol. The van der Waals surface area contributed by atoms with Crippen molar-refractivity contribution in [2.75, 3.05) is 0 Å². The van der Waals surface area contributed by atoms with Crippen LogP contribution in [0.2, 0.25) is 0 Å². The number of benzene rings is 3. The van der Waals surface area contributed by atoms with E-state index in [1.807, 2.05) is 12.1 Å². The van der Waals surface area contributed by atoms with E-state index in [-0.39, 0.29) is 22.5 Å². The van der Waals surface area contributed by atoms with Gasteiger partial charge in [-0.25, -0.2) is 13.5 Å². The maximum Gasteiger partial charge on any atom is 0.323 e. The van der Waals surface area contributed by atoms with E-state index in [0.717, 1.165) is 39.4 Å². The molecule has 5 aromatic rings. The summed E-state index contributed by atoms with van der Waals surface area (Å²) in [5.74, 6) is 1.31. The molecule has 43 heavy (non-hydrogen) atoms. The van der Waals surface area contributed by atoms with E-state index in [1.165, 1.54) is 36.2 Å². The van der Waals surface area contributed by atoms with Crippen molar-refractivity contribution in [3.05, 3.63) is 124 Å². The van der Waals surface area contributed by atoms with Crippen LogP contribution in [-0.4, -0.2) is 30.3 Å². The number of hydrogen-bond acceptors (Lipinski definition) is 7. The molecule has 0 radical (unpaired) electrons. The molecule has 7 nitrogen and oxygen atoms in total. The predicted molar refractivity (Wildman–Crippen MR) is 148 cm³/mol. The van der Waals surface area contributed by atoms with Crippen LogP contribution < -0.4 is 0 Å². The third-order valence-corrected chi connectivity index (χ3v) is 8.03. The van der Waals surface area contributed by atoms with Crippen molar-refractivity contribution in [2.24, 2.45) is 0 Å². The summed E-state index contributed by atoms with van der Waals surface area (Å²) < 4.78 is 60.6. The first-order valence-corrected chi connectivity index (χ1v) is 13.7. The minimum absolute atomic E-state index is 0.00406. The van der Waals surface area contributed by atoms with E-state index < -0.39 is 35.4 Å². The van der Waals surface area contributed by atoms with E-state index in [4.69, 9.17) is 5.26 Å². The van der Waals surface area contributed by atoms with Crippen molar-refractivity contribution in [2.45, 2.75) is 28.7 Å². The third kappa shape index (κ3) is 5.23. The molecular formula is C31H18F4N6OS. The lowest BCUT2D eigenvalue weighted by molar-refractivity contribution is -0.207. The number of pyridine rings is 1. The number of halogens is 4. The first kappa shape index (κ1) is 28.1. The highest BCUT2D eigenvalue weighted by atomic mass is 32.2. The Kier molecular flexibility index (Phi) is 7.18. The zero-order valence-electron chi connectivity index (χ0n) is 22.0. The van der Waals surface area contributed by atoms with Gasteiger partial charge in [0.25, 0.3) is 0 Å². The molecule has 0 fully saturated rings. The Morgan fingerprint density at radius 1 is 0.977 bits per heavy atom. The van der Waals surface area contributed by atoms with Gasteiger partial charge in [0, 0.05) is 39.1 Å². The Morgan fingerprint density at radius 2 is 1.74 bits per heavy atom. The normalized spacial score (nSPS) is 15.5. The molecule has 1 aliphatic heterocycles. The average molecular weight is 599 g/mol. The molecule has 0 bridgehead atoms. The number of hydrogen-bond donors (Lipinski definition) is 1. The summed E-state index contributed by atoms with van der Waals surface area (Å²) in [6, 6.07) is 19.2. The minimum Gasteiger partial charge on any atom is -0.377 e. The second-order valence-electron chi connectivity index (χ2n) is 9.71. The van der Waals surface area contributed by atoms with Gasteiger partial charge in [0.05, 0.1) is 12.1 Å². The van der Waals surface area contributed by atoms with Crippen LogP contribution in [0.25, 0.3) is 11.4 Å². The van der Waals surface area contributed by atoms with Crippen LogP contribution in [0, 0.1) is 34.8 Å². The smallest absolute Gasteiger partial charge is 0.323 e. The fourth-order valence-electron chi connectivity index (χ4n) is 4.69. The maximum atomic E-state index is 15.9. The number of nitriles is 1. The molecule has 12 heteroatoms. The molecule has 0 saturated carbocycles. The van der Waals surface area contributed by atoms with Crippen molar-refractivity contribution in [3.63, 3.8) is 0 Å². The molecule has 2 aromatic heterocycles. The lowest BCUT2D eigenvalue weighted by Gasteiger charge is -2.39. The van der Waals surface area contributed by atoms with Crippen LogP contribution >= 0.6 is 11.8 Å². The average Bonchev–Trinajstić information content (AvgIpc) is 3.48. The molecule has 0 spiro atoms. The second kappa shape index (κ2) is 11.0. The Bertz CT molecular complexity index is 1940. The largest absolute Gasteiger partial charge is 0.377 e. The zero-order valence-corrected chi connectivity index (χ0v) is 22.8. The van der Waals surface area contributed by atoms with Gasteiger partial charge >= 0.3 is 5.92 Å². The number of nitrogens with zero attached hydrogens (tertiary/aromatic N) is 6. The molecule has 1 unspecified atom stereocenters. The Labute approximate surface area is 246 Å². The summed E-state index contributed by atoms with van der Waals surface area (Å²) in [6.45, 7) is -0.664. The first-order valence-electron chi connectivity index (χ1n) is 12.7. The van der Waals surface area contributed by atoms with Crippen LogP contribution in [0.1, 0.15) is 33.5 Å². The first-order chi connectivity index (χ1) is 20.7. The molecule has 3 aromatic carbocycles. The van der Waals surface area contributed by atoms with Gasteiger partial charge in [0.2, 0.25) is 0 Å². The third-order valence-electron chi connectivity index (χ3n) is 6.95. The quantitative estimate of drug-likeness (QED) is 0.160. The molecule has 1 N–H and O–H groups in total. The van der Waals surface area contributed by atoms with Crippen molar-refractivity contribution in [1.82, 2.24) is 25.2 Å². The van der Waals surface area contributed by atoms with E-state index >= 15 is 8.78 Å². The van der Waals surface area contributed by atoms with Crippen LogP contribution in [0.4, 0.5) is 17.6 Å². The van der Waals surface area contributed by atoms with Gasteiger partial charge in [-0.1, -0.05) is 24.0 Å². The Balaban J connectivity index is 1.16. The van der Waals surface area contributed by atoms with Gasteiger partial charge in [0.1, 0.15) is 23.4 Å². The molecule has 3 heterocycles. The highest BCUT2D eigenvalue weighted by molar-refractivity contribution is 7.98. The minimum atomic E-state index is -3.90. The summed E-state index contributed by atoms with van der Waals surface area (Å²) >= 11 is 1.50. The lowest BCUT2D eigenvalue weighted by atomic mass is 9.80. The van der Waals surface area contributed by atoms with Crippen LogP contribution in [0.15, 0.2) is 83.9 Å². The molecule has 212 valence electrons. The Hall–Kier alpha value is -5.04. The highest BCUT2D eigenvalue weighted by Crippen LogP contribution is 2.50. The predicted octanol–water partition coefficient (Wildman–Crippen LogP) is 5.57. The van der Waals surface area contributed by atoms with E-state index in [2.05, 4.69) is 32.4 Å². The van der Waals surface area contributed by atoms with E-state index in [0.29, 0.717) is 16.9 Å². The topological polar surface area (TPSA) is 101 Å². The SMILES string of the molecule is N#Cc1ccc(CSc2ccc(C#Cc3ccc(C(F)(F)C4(O)Cn5nnnc5-c5cc(F)ccc54)nc3)cc2)cc1F. The number of tetrazole rings is 1. The van der Waals surface area contributed by atoms with Gasteiger partial charge in [0.15, 0.2) is 11.4 Å². The molecule has 0 saturated heterocycles. The van der Waals surface area contributed by atoms with Crippen molar-refractivity contribution in [3.8, 4) is 29.3 Å². The summed E-state index contributed by atoms with van der Waals surface area (Å²) in [7, 11) is 0.